The normalized spacial score (nSPS) is 40.0. The highest BCUT2D eigenvalue weighted by Gasteiger charge is 2.69. The van der Waals surface area contributed by atoms with Crippen molar-refractivity contribution in [2.24, 2.45) is 17.3 Å². The lowest BCUT2D eigenvalue weighted by atomic mass is 9.63. The molecule has 4 atom stereocenters. The van der Waals surface area contributed by atoms with Crippen molar-refractivity contribution >= 4 is 0 Å². The monoisotopic (exact) mass is 381 g/mol. The third kappa shape index (κ3) is 2.60. The number of nitrogens with zero attached hydrogens (tertiary/aromatic N) is 1. The van der Waals surface area contributed by atoms with Crippen LogP contribution in [0.2, 0.25) is 0 Å². The molecule has 4 heteroatoms. The fourth-order valence-corrected chi connectivity index (χ4v) is 7.43. The standard InChI is InChI=1S/C24H35N3O/c1-23-14-24(11-18-4-5-19(28)10-20(18)23)15-27(13-17-2-3-17)22(24)21(23)26-12-16-6-8-25-9-7-16/h4-5,10,16-17,21-22,25-26,28H,2-3,6-9,11-15H2,1H3/t21-,22+,23+,24+/m1/s1. The Morgan fingerprint density at radius 2 is 2.00 bits per heavy atom. The maximum atomic E-state index is 10.2. The number of hydrogen-bond donors (Lipinski definition) is 3. The van der Waals surface area contributed by atoms with Crippen molar-refractivity contribution in [3.05, 3.63) is 29.3 Å². The number of piperidine rings is 1. The predicted octanol–water partition coefficient (Wildman–Crippen LogP) is 2.65. The van der Waals surface area contributed by atoms with E-state index in [1.165, 1.54) is 75.8 Å². The second-order valence-corrected chi connectivity index (χ2v) is 10.9. The third-order valence-electron chi connectivity index (χ3n) is 8.79. The van der Waals surface area contributed by atoms with Gasteiger partial charge in [-0.3, -0.25) is 4.90 Å². The summed E-state index contributed by atoms with van der Waals surface area (Å²) in [5.41, 5.74) is 3.51. The minimum Gasteiger partial charge on any atom is -0.508 e. The SMILES string of the molecule is C[C@]12C[C@@]3(Cc4ccc(O)cc41)CN(CC1CC1)[C@H]3[C@H]2NCC1CCNCC1. The number of aromatic hydroxyl groups is 1. The minimum atomic E-state index is 0.141. The van der Waals surface area contributed by atoms with Crippen LogP contribution in [-0.2, 0) is 11.8 Å². The first-order valence-corrected chi connectivity index (χ1v) is 11.6. The lowest BCUT2D eigenvalue weighted by Crippen LogP contribution is -2.68. The van der Waals surface area contributed by atoms with Crippen LogP contribution in [-0.4, -0.2) is 54.8 Å². The average Bonchev–Trinajstić information content (AvgIpc) is 3.48. The zero-order valence-corrected chi connectivity index (χ0v) is 17.2. The van der Waals surface area contributed by atoms with Gasteiger partial charge in [0.1, 0.15) is 5.75 Å². The van der Waals surface area contributed by atoms with E-state index >= 15 is 0 Å². The van der Waals surface area contributed by atoms with Gasteiger partial charge in [0.2, 0.25) is 0 Å². The van der Waals surface area contributed by atoms with E-state index < -0.39 is 0 Å². The summed E-state index contributed by atoms with van der Waals surface area (Å²) in [4.78, 5) is 2.83. The first-order chi connectivity index (χ1) is 13.6. The number of benzene rings is 1. The molecule has 3 N–H and O–H groups in total. The van der Waals surface area contributed by atoms with Crippen molar-refractivity contribution in [2.75, 3.05) is 32.7 Å². The number of hydrogen-bond acceptors (Lipinski definition) is 4. The van der Waals surface area contributed by atoms with Crippen LogP contribution in [0.3, 0.4) is 0 Å². The highest BCUT2D eigenvalue weighted by molar-refractivity contribution is 5.49. The molecule has 28 heavy (non-hydrogen) atoms. The average molecular weight is 382 g/mol. The van der Waals surface area contributed by atoms with Crippen LogP contribution in [0.15, 0.2) is 18.2 Å². The summed E-state index contributed by atoms with van der Waals surface area (Å²) in [7, 11) is 0. The number of likely N-dealkylation sites (tertiary alicyclic amines) is 1. The molecule has 1 aromatic carbocycles. The van der Waals surface area contributed by atoms with Crippen molar-refractivity contribution in [3.63, 3.8) is 0 Å². The summed E-state index contributed by atoms with van der Waals surface area (Å²) in [6.45, 7) is 8.59. The van der Waals surface area contributed by atoms with Gasteiger partial charge in [0.25, 0.3) is 0 Å². The lowest BCUT2D eigenvalue weighted by molar-refractivity contribution is -0.0645. The van der Waals surface area contributed by atoms with Gasteiger partial charge in [0.05, 0.1) is 0 Å². The van der Waals surface area contributed by atoms with Gasteiger partial charge in [-0.2, -0.15) is 0 Å². The molecule has 6 rings (SSSR count). The Kier molecular flexibility index (Phi) is 3.93. The Morgan fingerprint density at radius 3 is 2.79 bits per heavy atom. The van der Waals surface area contributed by atoms with E-state index in [0.717, 1.165) is 18.4 Å². The highest BCUT2D eigenvalue weighted by atomic mass is 16.3. The number of phenolic OH excluding ortho intramolecular Hbond substituents is 1. The van der Waals surface area contributed by atoms with Crippen LogP contribution in [0.1, 0.15) is 50.2 Å². The van der Waals surface area contributed by atoms with Gasteiger partial charge >= 0.3 is 0 Å². The molecule has 2 heterocycles. The molecule has 2 saturated carbocycles. The number of fused-ring (bicyclic) bond motifs is 3. The molecule has 2 aliphatic heterocycles. The van der Waals surface area contributed by atoms with E-state index in [4.69, 9.17) is 0 Å². The Balaban J connectivity index is 1.32. The smallest absolute Gasteiger partial charge is 0.115 e. The van der Waals surface area contributed by atoms with E-state index in [2.05, 4.69) is 34.6 Å². The second-order valence-electron chi connectivity index (χ2n) is 10.9. The maximum Gasteiger partial charge on any atom is 0.115 e. The van der Waals surface area contributed by atoms with E-state index in [0.29, 0.717) is 23.2 Å². The van der Waals surface area contributed by atoms with E-state index in [1.54, 1.807) is 0 Å². The molecule has 0 radical (unpaired) electrons. The summed E-state index contributed by atoms with van der Waals surface area (Å²) in [5.74, 6) is 2.20. The highest BCUT2D eigenvalue weighted by Crippen LogP contribution is 2.64. The van der Waals surface area contributed by atoms with Crippen molar-refractivity contribution in [3.8, 4) is 5.75 Å². The van der Waals surface area contributed by atoms with Gasteiger partial charge in [-0.1, -0.05) is 13.0 Å². The molecule has 0 unspecified atom stereocenters. The Labute approximate surface area is 169 Å². The predicted molar refractivity (Wildman–Crippen MR) is 112 cm³/mol. The van der Waals surface area contributed by atoms with Crippen molar-refractivity contribution in [1.82, 2.24) is 15.5 Å². The Hall–Kier alpha value is -1.10. The van der Waals surface area contributed by atoms with Gasteiger partial charge in [-0.25, -0.2) is 0 Å². The lowest BCUT2D eigenvalue weighted by Gasteiger charge is -2.56. The molecule has 1 spiro atoms. The van der Waals surface area contributed by atoms with Crippen molar-refractivity contribution in [2.45, 2.75) is 62.9 Å². The molecule has 1 aromatic rings. The minimum absolute atomic E-state index is 0.141. The zero-order chi connectivity index (χ0) is 18.9. The fraction of sp³-hybridized carbons (Fsp3) is 0.750. The molecular formula is C24H35N3O. The summed E-state index contributed by atoms with van der Waals surface area (Å²) >= 11 is 0. The molecule has 4 fully saturated rings. The molecule has 3 aliphatic carbocycles. The molecule has 5 aliphatic rings. The molecule has 2 saturated heterocycles. The Morgan fingerprint density at radius 1 is 1.18 bits per heavy atom. The molecule has 2 bridgehead atoms. The van der Waals surface area contributed by atoms with Crippen LogP contribution < -0.4 is 10.6 Å². The molecule has 0 amide bonds. The summed E-state index contributed by atoms with van der Waals surface area (Å²) in [5, 5.41) is 17.9. The first kappa shape index (κ1) is 17.7. The summed E-state index contributed by atoms with van der Waals surface area (Å²) in [6, 6.07) is 7.38. The van der Waals surface area contributed by atoms with E-state index in [9.17, 15) is 5.11 Å². The first-order valence-electron chi connectivity index (χ1n) is 11.6. The molecule has 152 valence electrons. The van der Waals surface area contributed by atoms with E-state index in [1.807, 2.05) is 6.07 Å². The zero-order valence-electron chi connectivity index (χ0n) is 17.2. The largest absolute Gasteiger partial charge is 0.508 e. The number of rotatable bonds is 5. The van der Waals surface area contributed by atoms with E-state index in [-0.39, 0.29) is 5.41 Å². The maximum absolute atomic E-state index is 10.2. The van der Waals surface area contributed by atoms with Crippen LogP contribution in [0.25, 0.3) is 0 Å². The molecular weight excluding hydrogens is 346 g/mol. The quantitative estimate of drug-likeness (QED) is 0.734. The topological polar surface area (TPSA) is 47.5 Å². The molecule has 0 aromatic heterocycles. The van der Waals surface area contributed by atoms with Gasteiger partial charge in [-0.05, 0) is 93.3 Å². The van der Waals surface area contributed by atoms with Crippen LogP contribution in [0.5, 0.6) is 5.75 Å². The van der Waals surface area contributed by atoms with Gasteiger partial charge in [-0.15, -0.1) is 0 Å². The van der Waals surface area contributed by atoms with Crippen molar-refractivity contribution in [1.29, 1.82) is 0 Å². The number of phenols is 1. The van der Waals surface area contributed by atoms with Gasteiger partial charge in [0, 0.05) is 36.0 Å². The molecule has 4 nitrogen and oxygen atoms in total. The summed E-state index contributed by atoms with van der Waals surface area (Å²) < 4.78 is 0. The second kappa shape index (κ2) is 6.20. The summed E-state index contributed by atoms with van der Waals surface area (Å²) in [6.07, 6.45) is 7.97. The third-order valence-corrected chi connectivity index (χ3v) is 8.79. The van der Waals surface area contributed by atoms with Gasteiger partial charge < -0.3 is 15.7 Å². The van der Waals surface area contributed by atoms with Crippen LogP contribution >= 0.6 is 0 Å². The Bertz CT molecular complexity index is 771. The van der Waals surface area contributed by atoms with Crippen LogP contribution in [0, 0.1) is 17.3 Å². The van der Waals surface area contributed by atoms with Gasteiger partial charge in [0.15, 0.2) is 0 Å². The van der Waals surface area contributed by atoms with Crippen molar-refractivity contribution < 1.29 is 5.11 Å². The fourth-order valence-electron chi connectivity index (χ4n) is 7.43. The van der Waals surface area contributed by atoms with Crippen LogP contribution in [0.4, 0.5) is 0 Å². The number of nitrogens with one attached hydrogen (secondary N) is 2.